The van der Waals surface area contributed by atoms with Gasteiger partial charge in [0.15, 0.2) is 22.2 Å². The van der Waals surface area contributed by atoms with E-state index in [1.807, 2.05) is 67.1 Å². The van der Waals surface area contributed by atoms with Crippen LogP contribution in [-0.2, 0) is 11.3 Å². The number of aromatic nitrogens is 4. The summed E-state index contributed by atoms with van der Waals surface area (Å²) in [7, 11) is 0. The Morgan fingerprint density at radius 2 is 2.03 bits per heavy atom. The molecule has 1 atom stereocenters. The first-order valence-corrected chi connectivity index (χ1v) is 13.0. The molecule has 1 unspecified atom stereocenters. The number of thioether (sulfide) groups is 1. The Labute approximate surface area is 211 Å². The third kappa shape index (κ3) is 5.97. The molecule has 4 aromatic rings. The van der Waals surface area contributed by atoms with Crippen LogP contribution in [-0.4, -0.2) is 31.4 Å². The number of benzene rings is 2. The lowest BCUT2D eigenvalue weighted by molar-refractivity contribution is -0.113. The lowest BCUT2D eigenvalue weighted by atomic mass is 10.1. The normalized spacial score (nSPS) is 11.9. The van der Waals surface area contributed by atoms with E-state index in [1.165, 1.54) is 28.7 Å². The largest absolute Gasteiger partial charge is 0.483 e. The smallest absolute Gasteiger partial charge is 0.236 e. The summed E-state index contributed by atoms with van der Waals surface area (Å²) in [6.45, 7) is 6.61. The fourth-order valence-electron chi connectivity index (χ4n) is 3.28. The first kappa shape index (κ1) is 24.3. The minimum atomic E-state index is -0.329. The van der Waals surface area contributed by atoms with E-state index in [9.17, 15) is 4.79 Å². The van der Waals surface area contributed by atoms with Crippen molar-refractivity contribution in [3.05, 3.63) is 70.3 Å². The van der Waals surface area contributed by atoms with E-state index in [4.69, 9.17) is 16.3 Å². The van der Waals surface area contributed by atoms with Crippen molar-refractivity contribution in [1.82, 2.24) is 19.7 Å². The van der Waals surface area contributed by atoms with Crippen molar-refractivity contribution in [2.75, 3.05) is 11.1 Å². The summed E-state index contributed by atoms with van der Waals surface area (Å²) in [5.74, 6) is 1.40. The Bertz CT molecular complexity index is 1270. The van der Waals surface area contributed by atoms with Crippen molar-refractivity contribution in [3.8, 4) is 17.0 Å². The molecule has 0 spiro atoms. The molecule has 2 aromatic carbocycles. The summed E-state index contributed by atoms with van der Waals surface area (Å²) in [6.07, 6.45) is -0.329. The minimum absolute atomic E-state index is 0.148. The second-order valence-electron chi connectivity index (χ2n) is 7.54. The number of carbonyl (C=O) groups is 1. The van der Waals surface area contributed by atoms with Crippen LogP contribution in [0.25, 0.3) is 11.3 Å². The van der Waals surface area contributed by atoms with Gasteiger partial charge in [0.05, 0.1) is 11.4 Å². The number of ether oxygens (including phenoxy) is 1. The standard InChI is InChI=1S/C24H24ClN5O2S2/c1-4-30-22(16(3)32-19-7-5-6-18(25)12-19)28-29-24(30)34-14-21(31)27-23-26-20(13-33-23)17-10-8-15(2)9-11-17/h5-13,16H,4,14H2,1-3H3,(H,26,27,31). The number of carbonyl (C=O) groups excluding carboxylic acids is 1. The lowest BCUT2D eigenvalue weighted by Gasteiger charge is -2.15. The topological polar surface area (TPSA) is 81.9 Å². The number of thiazole rings is 1. The van der Waals surface area contributed by atoms with Crippen LogP contribution in [0.1, 0.15) is 31.3 Å². The highest BCUT2D eigenvalue weighted by molar-refractivity contribution is 7.99. The molecular formula is C24H24ClN5O2S2. The third-order valence-electron chi connectivity index (χ3n) is 4.96. The average Bonchev–Trinajstić information content (AvgIpc) is 3.45. The zero-order chi connectivity index (χ0) is 24.1. The highest BCUT2D eigenvalue weighted by Crippen LogP contribution is 2.27. The molecule has 0 fully saturated rings. The zero-order valence-electron chi connectivity index (χ0n) is 19.0. The number of rotatable bonds is 9. The molecule has 7 nitrogen and oxygen atoms in total. The summed E-state index contributed by atoms with van der Waals surface area (Å²) in [4.78, 5) is 17.1. The summed E-state index contributed by atoms with van der Waals surface area (Å²) in [5.41, 5.74) is 3.06. The Kier molecular flexibility index (Phi) is 7.87. The van der Waals surface area contributed by atoms with Crippen molar-refractivity contribution in [2.24, 2.45) is 0 Å². The van der Waals surface area contributed by atoms with Gasteiger partial charge in [0.25, 0.3) is 0 Å². The van der Waals surface area contributed by atoms with Gasteiger partial charge in [-0.05, 0) is 39.0 Å². The van der Waals surface area contributed by atoms with Crippen molar-refractivity contribution in [3.63, 3.8) is 0 Å². The molecule has 0 aliphatic carbocycles. The molecule has 1 N–H and O–H groups in total. The lowest BCUT2D eigenvalue weighted by Crippen LogP contribution is -2.15. The van der Waals surface area contributed by atoms with Gasteiger partial charge in [-0.15, -0.1) is 21.5 Å². The van der Waals surface area contributed by atoms with E-state index in [2.05, 4.69) is 20.5 Å². The molecule has 0 aliphatic heterocycles. The van der Waals surface area contributed by atoms with E-state index in [-0.39, 0.29) is 17.8 Å². The van der Waals surface area contributed by atoms with Crippen LogP contribution in [0.3, 0.4) is 0 Å². The van der Waals surface area contributed by atoms with Gasteiger partial charge in [-0.1, -0.05) is 59.3 Å². The number of nitrogens with zero attached hydrogens (tertiary/aromatic N) is 4. The van der Waals surface area contributed by atoms with Crippen LogP contribution < -0.4 is 10.1 Å². The number of anilines is 1. The minimum Gasteiger partial charge on any atom is -0.483 e. The van der Waals surface area contributed by atoms with Crippen LogP contribution in [0.2, 0.25) is 5.02 Å². The van der Waals surface area contributed by atoms with Gasteiger partial charge < -0.3 is 14.6 Å². The van der Waals surface area contributed by atoms with Gasteiger partial charge in [0, 0.05) is 22.5 Å². The first-order chi connectivity index (χ1) is 16.4. The van der Waals surface area contributed by atoms with Crippen molar-refractivity contribution in [2.45, 2.75) is 38.6 Å². The summed E-state index contributed by atoms with van der Waals surface area (Å²) in [6, 6.07) is 15.4. The zero-order valence-corrected chi connectivity index (χ0v) is 21.4. The predicted molar refractivity (Wildman–Crippen MR) is 138 cm³/mol. The molecule has 4 rings (SSSR count). The van der Waals surface area contributed by atoms with Crippen molar-refractivity contribution >= 4 is 45.7 Å². The maximum absolute atomic E-state index is 12.5. The van der Waals surface area contributed by atoms with Gasteiger partial charge in [0.1, 0.15) is 5.75 Å². The van der Waals surface area contributed by atoms with Crippen LogP contribution in [0.4, 0.5) is 5.13 Å². The molecule has 0 saturated carbocycles. The fourth-order valence-corrected chi connectivity index (χ4v) is 5.00. The molecule has 2 aromatic heterocycles. The van der Waals surface area contributed by atoms with Crippen LogP contribution >= 0.6 is 34.7 Å². The Morgan fingerprint density at radius 3 is 2.76 bits per heavy atom. The maximum atomic E-state index is 12.5. The molecule has 2 heterocycles. The van der Waals surface area contributed by atoms with E-state index >= 15 is 0 Å². The molecule has 10 heteroatoms. The van der Waals surface area contributed by atoms with Crippen molar-refractivity contribution < 1.29 is 9.53 Å². The third-order valence-corrected chi connectivity index (χ3v) is 6.92. The molecule has 34 heavy (non-hydrogen) atoms. The highest BCUT2D eigenvalue weighted by atomic mass is 35.5. The van der Waals surface area contributed by atoms with Gasteiger partial charge >= 0.3 is 0 Å². The highest BCUT2D eigenvalue weighted by Gasteiger charge is 2.20. The van der Waals surface area contributed by atoms with Crippen LogP contribution in [0.15, 0.2) is 59.1 Å². The van der Waals surface area contributed by atoms with Crippen LogP contribution in [0.5, 0.6) is 5.75 Å². The van der Waals surface area contributed by atoms with E-state index < -0.39 is 0 Å². The second-order valence-corrected chi connectivity index (χ2v) is 9.78. The SMILES string of the molecule is CCn1c(SCC(=O)Nc2nc(-c3ccc(C)cc3)cs2)nnc1C(C)Oc1cccc(Cl)c1. The molecule has 176 valence electrons. The number of hydrogen-bond acceptors (Lipinski definition) is 7. The second kappa shape index (κ2) is 11.0. The Balaban J connectivity index is 1.36. The number of halogens is 1. The van der Waals surface area contributed by atoms with Crippen molar-refractivity contribution in [1.29, 1.82) is 0 Å². The first-order valence-electron chi connectivity index (χ1n) is 10.7. The fraction of sp³-hybridized carbons (Fsp3) is 0.250. The molecule has 1 amide bonds. The molecular weight excluding hydrogens is 490 g/mol. The molecule has 0 aliphatic rings. The van der Waals surface area contributed by atoms with Gasteiger partial charge in [-0.2, -0.15) is 0 Å². The monoisotopic (exact) mass is 513 g/mol. The molecule has 0 saturated heterocycles. The van der Waals surface area contributed by atoms with Crippen LogP contribution in [0, 0.1) is 6.92 Å². The van der Waals surface area contributed by atoms with E-state index in [0.717, 1.165) is 11.3 Å². The molecule has 0 bridgehead atoms. The Hall–Kier alpha value is -2.88. The van der Waals surface area contributed by atoms with E-state index in [1.54, 1.807) is 12.1 Å². The summed E-state index contributed by atoms with van der Waals surface area (Å²) in [5, 5.41) is 15.2. The van der Waals surface area contributed by atoms with Gasteiger partial charge in [-0.3, -0.25) is 4.79 Å². The Morgan fingerprint density at radius 1 is 1.24 bits per heavy atom. The number of aryl methyl sites for hydroxylation is 1. The average molecular weight is 514 g/mol. The molecule has 0 radical (unpaired) electrons. The predicted octanol–water partition coefficient (Wildman–Crippen LogP) is 6.25. The van der Waals surface area contributed by atoms with Gasteiger partial charge in [-0.25, -0.2) is 4.98 Å². The number of nitrogens with one attached hydrogen (secondary N) is 1. The maximum Gasteiger partial charge on any atom is 0.236 e. The van der Waals surface area contributed by atoms with Gasteiger partial charge in [0.2, 0.25) is 5.91 Å². The summed E-state index contributed by atoms with van der Waals surface area (Å²) < 4.78 is 7.93. The summed E-state index contributed by atoms with van der Waals surface area (Å²) >= 11 is 8.78. The quantitative estimate of drug-likeness (QED) is 0.266. The number of hydrogen-bond donors (Lipinski definition) is 1. The van der Waals surface area contributed by atoms with E-state index in [0.29, 0.717) is 33.4 Å². The number of amides is 1.